The zero-order valence-corrected chi connectivity index (χ0v) is 21.2. The van der Waals surface area contributed by atoms with Crippen molar-refractivity contribution in [2.45, 2.75) is 71.6 Å². The highest BCUT2D eigenvalue weighted by Gasteiger charge is 2.59. The van der Waals surface area contributed by atoms with Gasteiger partial charge in [-0.15, -0.1) is 0 Å². The van der Waals surface area contributed by atoms with Gasteiger partial charge < -0.3 is 19.1 Å². The summed E-state index contributed by atoms with van der Waals surface area (Å²) in [5, 5.41) is 0. The lowest BCUT2D eigenvalue weighted by Crippen LogP contribution is -2.72. The van der Waals surface area contributed by atoms with E-state index in [1.54, 1.807) is 11.9 Å². The molecule has 3 amide bonds. The van der Waals surface area contributed by atoms with E-state index < -0.39 is 29.4 Å². The van der Waals surface area contributed by atoms with E-state index in [0.29, 0.717) is 6.54 Å². The zero-order valence-electron chi connectivity index (χ0n) is 21.2. The Balaban J connectivity index is 1.68. The van der Waals surface area contributed by atoms with Crippen molar-refractivity contribution >= 4 is 18.1 Å². The first-order chi connectivity index (χ1) is 15.8. The molecule has 0 N–H and O–H groups in total. The van der Waals surface area contributed by atoms with E-state index in [4.69, 9.17) is 14.2 Å². The predicted molar refractivity (Wildman–Crippen MR) is 126 cm³/mol. The normalized spacial score (nSPS) is 20.2. The highest BCUT2D eigenvalue weighted by Crippen LogP contribution is 2.37. The second-order valence-corrected chi connectivity index (χ2v) is 10.5. The molecule has 1 aromatic carbocycles. The summed E-state index contributed by atoms with van der Waals surface area (Å²) in [5.41, 5.74) is -0.647. The van der Waals surface area contributed by atoms with Crippen molar-refractivity contribution in [3.8, 4) is 0 Å². The molecule has 2 aliphatic rings. The highest BCUT2D eigenvalue weighted by molar-refractivity contribution is 5.84. The first-order valence-electron chi connectivity index (χ1n) is 11.7. The van der Waals surface area contributed by atoms with Crippen LogP contribution in [0.3, 0.4) is 0 Å². The van der Waals surface area contributed by atoms with Crippen LogP contribution in [0.25, 0.3) is 0 Å². The predicted octanol–water partition coefficient (Wildman–Crippen LogP) is 3.47. The van der Waals surface area contributed by atoms with Crippen LogP contribution in [0.2, 0.25) is 0 Å². The lowest BCUT2D eigenvalue weighted by Gasteiger charge is -2.51. The number of hydrogen-bond acceptors (Lipinski definition) is 6. The molecule has 3 rings (SSSR count). The summed E-state index contributed by atoms with van der Waals surface area (Å²) in [7, 11) is 1.61. The van der Waals surface area contributed by atoms with E-state index in [0.717, 1.165) is 5.56 Å². The second-order valence-electron chi connectivity index (χ2n) is 10.5. The largest absolute Gasteiger partial charge is 0.459 e. The van der Waals surface area contributed by atoms with Gasteiger partial charge in [-0.05, 0) is 39.2 Å². The van der Waals surface area contributed by atoms with Gasteiger partial charge in [0.15, 0.2) is 5.72 Å². The van der Waals surface area contributed by atoms with Crippen molar-refractivity contribution in [1.82, 2.24) is 14.7 Å². The number of hydrogen-bond donors (Lipinski definition) is 0. The topological polar surface area (TPSA) is 88.6 Å². The molecule has 2 heterocycles. The Hall–Kier alpha value is -2.81. The van der Waals surface area contributed by atoms with Gasteiger partial charge in [-0.25, -0.2) is 14.4 Å². The van der Waals surface area contributed by atoms with Crippen LogP contribution in [0, 0.1) is 5.92 Å². The van der Waals surface area contributed by atoms with E-state index in [1.807, 2.05) is 71.9 Å². The van der Waals surface area contributed by atoms with Gasteiger partial charge in [0, 0.05) is 7.05 Å². The number of esters is 1. The summed E-state index contributed by atoms with van der Waals surface area (Å²) in [6.45, 7) is 12.0. The molecule has 0 saturated carbocycles. The Morgan fingerprint density at radius 2 is 1.79 bits per heavy atom. The number of carbonyl (C=O) groups excluding carboxylic acids is 3. The van der Waals surface area contributed by atoms with Gasteiger partial charge in [-0.3, -0.25) is 9.80 Å². The monoisotopic (exact) mass is 475 g/mol. The van der Waals surface area contributed by atoms with E-state index in [2.05, 4.69) is 0 Å². The van der Waals surface area contributed by atoms with Crippen molar-refractivity contribution in [3.05, 3.63) is 35.9 Å². The smallest absolute Gasteiger partial charge is 0.410 e. The van der Waals surface area contributed by atoms with Gasteiger partial charge >= 0.3 is 18.1 Å². The summed E-state index contributed by atoms with van der Waals surface area (Å²) in [5.74, 6) is -0.616. The molecule has 2 aliphatic heterocycles. The van der Waals surface area contributed by atoms with Gasteiger partial charge in [-0.1, -0.05) is 44.2 Å². The Morgan fingerprint density at radius 1 is 1.18 bits per heavy atom. The molecule has 34 heavy (non-hydrogen) atoms. The molecule has 188 valence electrons. The zero-order chi connectivity index (χ0) is 25.3. The van der Waals surface area contributed by atoms with E-state index in [9.17, 15) is 14.4 Å². The van der Waals surface area contributed by atoms with Crippen LogP contribution in [0.4, 0.5) is 9.59 Å². The molecule has 0 radical (unpaired) electrons. The molecular weight excluding hydrogens is 438 g/mol. The Morgan fingerprint density at radius 3 is 2.35 bits per heavy atom. The summed E-state index contributed by atoms with van der Waals surface area (Å²) >= 11 is 0. The third-order valence-corrected chi connectivity index (χ3v) is 5.93. The highest BCUT2D eigenvalue weighted by atomic mass is 16.6. The van der Waals surface area contributed by atoms with Crippen molar-refractivity contribution in [1.29, 1.82) is 0 Å². The number of benzene rings is 1. The number of likely N-dealkylation sites (N-methyl/N-ethyl adjacent to an activating group) is 1. The lowest BCUT2D eigenvalue weighted by molar-refractivity contribution is -0.174. The van der Waals surface area contributed by atoms with Crippen LogP contribution in [-0.2, 0) is 25.6 Å². The maximum Gasteiger partial charge on any atom is 0.410 e. The number of urea groups is 1. The van der Waals surface area contributed by atoms with Gasteiger partial charge in [0.2, 0.25) is 0 Å². The molecule has 0 aromatic heterocycles. The number of nitrogens with zero attached hydrogens (tertiary/aromatic N) is 3. The Labute approximate surface area is 201 Å². The fourth-order valence-corrected chi connectivity index (χ4v) is 4.40. The quantitative estimate of drug-likeness (QED) is 0.606. The number of rotatable bonds is 5. The van der Waals surface area contributed by atoms with Gasteiger partial charge in [0.1, 0.15) is 18.2 Å². The van der Waals surface area contributed by atoms with Gasteiger partial charge in [-0.2, -0.15) is 0 Å². The molecule has 2 atom stereocenters. The molecule has 0 unspecified atom stereocenters. The van der Waals surface area contributed by atoms with Crippen LogP contribution in [0.1, 0.15) is 47.1 Å². The van der Waals surface area contributed by atoms with E-state index in [1.165, 1.54) is 9.80 Å². The van der Waals surface area contributed by atoms with E-state index in [-0.39, 0.29) is 37.7 Å². The van der Waals surface area contributed by atoms with Crippen molar-refractivity contribution < 1.29 is 28.6 Å². The minimum atomic E-state index is -0.920. The van der Waals surface area contributed by atoms with Crippen LogP contribution >= 0.6 is 0 Å². The third-order valence-electron chi connectivity index (χ3n) is 5.93. The minimum Gasteiger partial charge on any atom is -0.459 e. The first-order valence-corrected chi connectivity index (χ1v) is 11.7. The molecule has 0 aliphatic carbocycles. The maximum atomic E-state index is 13.6. The van der Waals surface area contributed by atoms with Crippen molar-refractivity contribution in [2.75, 3.05) is 26.7 Å². The molecule has 0 bridgehead atoms. The van der Waals surface area contributed by atoms with Gasteiger partial charge in [0.25, 0.3) is 0 Å². The summed E-state index contributed by atoms with van der Waals surface area (Å²) in [4.78, 5) is 43.5. The summed E-state index contributed by atoms with van der Waals surface area (Å²) < 4.78 is 17.1. The molecule has 2 saturated heterocycles. The summed E-state index contributed by atoms with van der Waals surface area (Å²) in [6, 6.07) is 8.33. The molecular formula is C25H37N3O6. The number of amides is 3. The standard InChI is InChI=1S/C25H37N3O6/c1-17(2)20(21(29)32-14-19-11-9-8-10-12-19)26(7)22(30)28-13-18(3)33-25(28)15-27(16-25)23(31)34-24(4,5)6/h8-12,17-18,20H,13-16H2,1-7H3/t18-,20-/m0/s1. The molecule has 1 aromatic rings. The third kappa shape index (κ3) is 5.63. The minimum absolute atomic E-state index is 0.142. The fraction of sp³-hybridized carbons (Fsp3) is 0.640. The number of ether oxygens (including phenoxy) is 3. The molecule has 2 fully saturated rings. The Kier molecular flexibility index (Phi) is 7.45. The number of carbonyl (C=O) groups is 3. The van der Waals surface area contributed by atoms with Crippen LogP contribution in [0.15, 0.2) is 30.3 Å². The summed E-state index contributed by atoms with van der Waals surface area (Å²) in [6.07, 6.45) is -0.632. The Bertz CT molecular complexity index is 892. The molecule has 9 heteroatoms. The van der Waals surface area contributed by atoms with Crippen molar-refractivity contribution in [2.24, 2.45) is 5.92 Å². The first kappa shape index (κ1) is 25.8. The second kappa shape index (κ2) is 9.82. The van der Waals surface area contributed by atoms with Crippen LogP contribution < -0.4 is 0 Å². The van der Waals surface area contributed by atoms with Crippen LogP contribution in [-0.4, -0.2) is 82.9 Å². The fourth-order valence-electron chi connectivity index (χ4n) is 4.40. The molecule has 9 nitrogen and oxygen atoms in total. The van der Waals surface area contributed by atoms with Gasteiger partial charge in [0.05, 0.1) is 25.7 Å². The van der Waals surface area contributed by atoms with E-state index >= 15 is 0 Å². The van der Waals surface area contributed by atoms with Crippen LogP contribution in [0.5, 0.6) is 0 Å². The average molecular weight is 476 g/mol. The van der Waals surface area contributed by atoms with Crippen molar-refractivity contribution in [3.63, 3.8) is 0 Å². The lowest BCUT2D eigenvalue weighted by atomic mass is 10.0. The number of likely N-dealkylation sites (tertiary alicyclic amines) is 1. The SMILES string of the molecule is CC(C)[C@@H](C(=O)OCc1ccccc1)N(C)C(=O)N1C[C@H](C)OC12CN(C(=O)OC(C)(C)C)C2. The molecule has 1 spiro atoms. The average Bonchev–Trinajstić information content (AvgIpc) is 3.07. The maximum absolute atomic E-state index is 13.6.